The second-order valence-corrected chi connectivity index (χ2v) is 4.79. The van der Waals surface area contributed by atoms with Crippen LogP contribution in [0.25, 0.3) is 0 Å². The standard InChI is InChI=1S/C13H11BrN2O2/c14-10-4-1-3-9(7-10)8-11(13(17)18)12-5-2-6-15-16-12/h1-7,11H,8H2,(H,17,18). The van der Waals surface area contributed by atoms with E-state index >= 15 is 0 Å². The highest BCUT2D eigenvalue weighted by molar-refractivity contribution is 9.10. The summed E-state index contributed by atoms with van der Waals surface area (Å²) in [6.45, 7) is 0. The van der Waals surface area contributed by atoms with Gasteiger partial charge in [-0.15, -0.1) is 0 Å². The molecule has 2 aromatic rings. The van der Waals surface area contributed by atoms with E-state index in [0.29, 0.717) is 12.1 Å². The minimum Gasteiger partial charge on any atom is -0.481 e. The van der Waals surface area contributed by atoms with Crippen LogP contribution in [0.1, 0.15) is 17.2 Å². The van der Waals surface area contributed by atoms with Crippen molar-refractivity contribution < 1.29 is 9.90 Å². The maximum atomic E-state index is 11.3. The molecule has 5 heteroatoms. The van der Waals surface area contributed by atoms with Crippen molar-refractivity contribution in [1.82, 2.24) is 10.2 Å². The van der Waals surface area contributed by atoms with Crippen LogP contribution < -0.4 is 0 Å². The second kappa shape index (κ2) is 5.73. The van der Waals surface area contributed by atoms with Gasteiger partial charge in [0, 0.05) is 10.7 Å². The second-order valence-electron chi connectivity index (χ2n) is 3.87. The summed E-state index contributed by atoms with van der Waals surface area (Å²) in [5.41, 5.74) is 1.42. The van der Waals surface area contributed by atoms with Crippen molar-refractivity contribution in [2.45, 2.75) is 12.3 Å². The number of carbonyl (C=O) groups is 1. The van der Waals surface area contributed by atoms with E-state index in [4.69, 9.17) is 0 Å². The van der Waals surface area contributed by atoms with Crippen molar-refractivity contribution in [3.05, 3.63) is 58.3 Å². The number of halogens is 1. The number of benzene rings is 1. The van der Waals surface area contributed by atoms with E-state index in [-0.39, 0.29) is 0 Å². The van der Waals surface area contributed by atoms with Gasteiger partial charge in [-0.2, -0.15) is 10.2 Å². The lowest BCUT2D eigenvalue weighted by molar-refractivity contribution is -0.138. The molecule has 1 aromatic carbocycles. The van der Waals surface area contributed by atoms with E-state index in [9.17, 15) is 9.90 Å². The van der Waals surface area contributed by atoms with Crippen LogP contribution in [0.4, 0.5) is 0 Å². The number of rotatable bonds is 4. The van der Waals surface area contributed by atoms with Gasteiger partial charge < -0.3 is 5.11 Å². The van der Waals surface area contributed by atoms with Crippen molar-refractivity contribution >= 4 is 21.9 Å². The Morgan fingerprint density at radius 1 is 1.33 bits per heavy atom. The van der Waals surface area contributed by atoms with Gasteiger partial charge in [-0.05, 0) is 36.2 Å². The van der Waals surface area contributed by atoms with Crippen molar-refractivity contribution in [2.24, 2.45) is 0 Å². The molecule has 1 heterocycles. The summed E-state index contributed by atoms with van der Waals surface area (Å²) >= 11 is 3.37. The van der Waals surface area contributed by atoms with Crippen LogP contribution in [0.5, 0.6) is 0 Å². The molecule has 0 fully saturated rings. The number of hydrogen-bond acceptors (Lipinski definition) is 3. The fraction of sp³-hybridized carbons (Fsp3) is 0.154. The van der Waals surface area contributed by atoms with Gasteiger partial charge in [-0.3, -0.25) is 4.79 Å². The average molecular weight is 307 g/mol. The maximum Gasteiger partial charge on any atom is 0.313 e. The summed E-state index contributed by atoms with van der Waals surface area (Å²) in [4.78, 5) is 11.3. The first-order chi connectivity index (χ1) is 8.66. The summed E-state index contributed by atoms with van der Waals surface area (Å²) in [6.07, 6.45) is 1.93. The average Bonchev–Trinajstić information content (AvgIpc) is 2.37. The molecular weight excluding hydrogens is 296 g/mol. The van der Waals surface area contributed by atoms with Crippen molar-refractivity contribution in [1.29, 1.82) is 0 Å². The number of hydrogen-bond donors (Lipinski definition) is 1. The van der Waals surface area contributed by atoms with Gasteiger partial charge in [-0.25, -0.2) is 0 Å². The van der Waals surface area contributed by atoms with Gasteiger partial charge in [0.05, 0.1) is 5.69 Å². The molecule has 0 saturated carbocycles. The van der Waals surface area contributed by atoms with Gasteiger partial charge in [-0.1, -0.05) is 28.1 Å². The zero-order chi connectivity index (χ0) is 13.0. The normalized spacial score (nSPS) is 12.1. The quantitative estimate of drug-likeness (QED) is 0.943. The largest absolute Gasteiger partial charge is 0.481 e. The van der Waals surface area contributed by atoms with Gasteiger partial charge >= 0.3 is 5.97 Å². The van der Waals surface area contributed by atoms with Crippen LogP contribution in [-0.4, -0.2) is 21.3 Å². The van der Waals surface area contributed by atoms with E-state index < -0.39 is 11.9 Å². The molecule has 92 valence electrons. The van der Waals surface area contributed by atoms with Crippen molar-refractivity contribution in [3.63, 3.8) is 0 Å². The lowest BCUT2D eigenvalue weighted by Crippen LogP contribution is -2.16. The Hall–Kier alpha value is -1.75. The van der Waals surface area contributed by atoms with Crippen LogP contribution in [-0.2, 0) is 11.2 Å². The molecular formula is C13H11BrN2O2. The minimum atomic E-state index is -0.893. The maximum absolute atomic E-state index is 11.3. The van der Waals surface area contributed by atoms with Crippen LogP contribution in [0.3, 0.4) is 0 Å². The molecule has 1 N–H and O–H groups in total. The molecule has 0 radical (unpaired) electrons. The molecule has 1 aromatic heterocycles. The van der Waals surface area contributed by atoms with Gasteiger partial charge in [0.25, 0.3) is 0 Å². The number of nitrogens with zero attached hydrogens (tertiary/aromatic N) is 2. The molecule has 1 atom stereocenters. The van der Waals surface area contributed by atoms with Crippen LogP contribution in [0.15, 0.2) is 47.1 Å². The van der Waals surface area contributed by atoms with Crippen LogP contribution in [0, 0.1) is 0 Å². The Bertz CT molecular complexity index is 546. The Kier molecular flexibility index (Phi) is 4.04. The number of aromatic nitrogens is 2. The zero-order valence-corrected chi connectivity index (χ0v) is 11.0. The summed E-state index contributed by atoms with van der Waals surface area (Å²) in [6, 6.07) is 11.0. The Morgan fingerprint density at radius 3 is 2.78 bits per heavy atom. The van der Waals surface area contributed by atoms with Crippen molar-refractivity contribution in [3.8, 4) is 0 Å². The number of aliphatic carboxylic acids is 1. The minimum absolute atomic E-state index is 0.396. The Balaban J connectivity index is 2.25. The third kappa shape index (κ3) is 3.13. The van der Waals surface area contributed by atoms with Gasteiger partial charge in [0.15, 0.2) is 0 Å². The fourth-order valence-electron chi connectivity index (χ4n) is 1.72. The van der Waals surface area contributed by atoms with Gasteiger partial charge in [0.1, 0.15) is 5.92 Å². The predicted molar refractivity (Wildman–Crippen MR) is 70.3 cm³/mol. The molecule has 0 aliphatic carbocycles. The third-order valence-corrected chi connectivity index (χ3v) is 3.07. The van der Waals surface area contributed by atoms with Crippen molar-refractivity contribution in [2.75, 3.05) is 0 Å². The molecule has 0 bridgehead atoms. The number of carboxylic acids is 1. The molecule has 0 aliphatic rings. The molecule has 0 saturated heterocycles. The fourth-order valence-corrected chi connectivity index (χ4v) is 2.16. The summed E-state index contributed by atoms with van der Waals surface area (Å²) in [5, 5.41) is 16.9. The van der Waals surface area contributed by atoms with E-state index in [1.54, 1.807) is 12.1 Å². The molecule has 0 amide bonds. The molecule has 2 rings (SSSR count). The molecule has 0 spiro atoms. The molecule has 18 heavy (non-hydrogen) atoms. The third-order valence-electron chi connectivity index (χ3n) is 2.58. The van der Waals surface area contributed by atoms with E-state index in [1.165, 1.54) is 6.20 Å². The first-order valence-corrected chi connectivity index (χ1v) is 6.21. The van der Waals surface area contributed by atoms with Crippen LogP contribution >= 0.6 is 15.9 Å². The monoisotopic (exact) mass is 306 g/mol. The van der Waals surface area contributed by atoms with E-state index in [0.717, 1.165) is 10.0 Å². The summed E-state index contributed by atoms with van der Waals surface area (Å²) < 4.78 is 0.934. The first kappa shape index (κ1) is 12.7. The Labute approximate surface area is 113 Å². The molecule has 0 aliphatic heterocycles. The predicted octanol–water partition coefficient (Wildman–Crippen LogP) is 2.65. The zero-order valence-electron chi connectivity index (χ0n) is 9.45. The summed E-state index contributed by atoms with van der Waals surface area (Å²) in [5.74, 6) is -1.57. The SMILES string of the molecule is O=C(O)C(Cc1cccc(Br)c1)c1cccnn1. The lowest BCUT2D eigenvalue weighted by Gasteiger charge is -2.11. The molecule has 4 nitrogen and oxygen atoms in total. The van der Waals surface area contributed by atoms with E-state index in [2.05, 4.69) is 26.1 Å². The topological polar surface area (TPSA) is 63.1 Å². The number of carboxylic acid groups (broad SMARTS) is 1. The highest BCUT2D eigenvalue weighted by Gasteiger charge is 2.21. The Morgan fingerprint density at radius 2 is 2.17 bits per heavy atom. The smallest absolute Gasteiger partial charge is 0.313 e. The highest BCUT2D eigenvalue weighted by Crippen LogP contribution is 2.21. The van der Waals surface area contributed by atoms with E-state index in [1.807, 2.05) is 24.3 Å². The lowest BCUT2D eigenvalue weighted by atomic mass is 9.96. The molecule has 1 unspecified atom stereocenters. The van der Waals surface area contributed by atoms with Crippen LogP contribution in [0.2, 0.25) is 0 Å². The summed E-state index contributed by atoms with van der Waals surface area (Å²) in [7, 11) is 0. The first-order valence-electron chi connectivity index (χ1n) is 5.41. The highest BCUT2D eigenvalue weighted by atomic mass is 79.9. The van der Waals surface area contributed by atoms with Gasteiger partial charge in [0.2, 0.25) is 0 Å².